The smallest absolute Gasteiger partial charge is 0.248 e. The summed E-state index contributed by atoms with van der Waals surface area (Å²) in [6.45, 7) is 0.216. The number of hydrogen-bond donors (Lipinski definition) is 0. The Morgan fingerprint density at radius 1 is 1.25 bits per heavy atom. The molecule has 0 bridgehead atoms. The first-order chi connectivity index (χ1) is 7.66. The Morgan fingerprint density at radius 2 is 2.00 bits per heavy atom. The first-order valence-corrected chi connectivity index (χ1v) is 6.61. The molecule has 0 aliphatic carbocycles. The molecule has 1 aliphatic heterocycles. The van der Waals surface area contributed by atoms with Crippen molar-refractivity contribution < 1.29 is 16.8 Å². The zero-order valence-corrected chi connectivity index (χ0v) is 9.65. The molecule has 0 amide bonds. The summed E-state index contributed by atoms with van der Waals surface area (Å²) in [7, 11) is -3.79. The van der Waals surface area contributed by atoms with Gasteiger partial charge in [-0.1, -0.05) is 30.3 Å². The molecule has 0 N–H and O–H groups in total. The molecule has 1 aromatic carbocycles. The van der Waals surface area contributed by atoms with E-state index in [1.165, 1.54) is 0 Å². The molecule has 16 heavy (non-hydrogen) atoms. The summed E-state index contributed by atoms with van der Waals surface area (Å²) in [6.07, 6.45) is 1.70. The van der Waals surface area contributed by atoms with Crippen LogP contribution in [0.2, 0.25) is 0 Å². The van der Waals surface area contributed by atoms with Gasteiger partial charge < -0.3 is 0 Å². The van der Waals surface area contributed by atoms with Crippen molar-refractivity contribution in [2.24, 2.45) is 0 Å². The van der Waals surface area contributed by atoms with E-state index < -0.39 is 10.4 Å². The van der Waals surface area contributed by atoms with Crippen LogP contribution in [0.4, 0.5) is 0 Å². The van der Waals surface area contributed by atoms with E-state index in [2.05, 4.69) is 4.18 Å². The Morgan fingerprint density at radius 3 is 2.75 bits per heavy atom. The van der Waals surface area contributed by atoms with E-state index in [0.717, 1.165) is 5.56 Å². The molecule has 5 heteroatoms. The molecule has 1 unspecified atom stereocenters. The van der Waals surface area contributed by atoms with Crippen molar-refractivity contribution in [2.45, 2.75) is 25.4 Å². The van der Waals surface area contributed by atoms with Crippen LogP contribution in [0.5, 0.6) is 0 Å². The summed E-state index contributed by atoms with van der Waals surface area (Å²) in [5.74, 6) is 0. The van der Waals surface area contributed by atoms with E-state index in [0.29, 0.717) is 19.3 Å². The van der Waals surface area contributed by atoms with Gasteiger partial charge in [0.2, 0.25) is 0 Å². The minimum absolute atomic E-state index is 0.216. The molecule has 0 spiro atoms. The Kier molecular flexibility index (Phi) is 3.58. The fraction of sp³-hybridized carbons (Fsp3) is 0.455. The molecule has 88 valence electrons. The van der Waals surface area contributed by atoms with E-state index >= 15 is 0 Å². The van der Waals surface area contributed by atoms with Gasteiger partial charge in [-0.3, -0.25) is 0 Å². The highest BCUT2D eigenvalue weighted by Gasteiger charge is 2.24. The number of hydrogen-bond acceptors (Lipinski definition) is 4. The van der Waals surface area contributed by atoms with Crippen LogP contribution in [0.25, 0.3) is 0 Å². The van der Waals surface area contributed by atoms with Gasteiger partial charge >= 0.3 is 10.4 Å². The zero-order chi connectivity index (χ0) is 11.4. The summed E-state index contributed by atoms with van der Waals surface area (Å²) in [5.41, 5.74) is 1.07. The lowest BCUT2D eigenvalue weighted by molar-refractivity contribution is 0.182. The fourth-order valence-electron chi connectivity index (χ4n) is 1.73. The molecule has 1 saturated heterocycles. The summed E-state index contributed by atoms with van der Waals surface area (Å²) in [6, 6.07) is 9.70. The van der Waals surface area contributed by atoms with Crippen LogP contribution in [0.3, 0.4) is 0 Å². The molecular weight excluding hydrogens is 228 g/mol. The van der Waals surface area contributed by atoms with Crippen LogP contribution in [-0.4, -0.2) is 21.1 Å². The lowest BCUT2D eigenvalue weighted by atomic mass is 10.0. The van der Waals surface area contributed by atoms with Gasteiger partial charge in [-0.15, -0.1) is 0 Å². The van der Waals surface area contributed by atoms with Gasteiger partial charge in [-0.25, -0.2) is 8.37 Å². The predicted octanol–water partition coefficient (Wildman–Crippen LogP) is 1.67. The van der Waals surface area contributed by atoms with Crippen LogP contribution < -0.4 is 0 Å². The Hall–Kier alpha value is -0.910. The molecule has 1 atom stereocenters. The maximum Gasteiger partial charge on any atom is 0.400 e. The largest absolute Gasteiger partial charge is 0.400 e. The Bertz CT molecular complexity index is 427. The fourth-order valence-corrected chi connectivity index (χ4v) is 2.60. The quantitative estimate of drug-likeness (QED) is 0.791. The van der Waals surface area contributed by atoms with E-state index in [1.807, 2.05) is 30.3 Å². The van der Waals surface area contributed by atoms with Crippen LogP contribution >= 0.6 is 0 Å². The highest BCUT2D eigenvalue weighted by molar-refractivity contribution is 7.81. The minimum Gasteiger partial charge on any atom is -0.248 e. The van der Waals surface area contributed by atoms with Crippen molar-refractivity contribution >= 4 is 10.4 Å². The van der Waals surface area contributed by atoms with Gasteiger partial charge in [-0.05, 0) is 18.4 Å². The van der Waals surface area contributed by atoms with E-state index in [9.17, 15) is 8.42 Å². The first-order valence-electron chi connectivity index (χ1n) is 5.27. The molecule has 1 fully saturated rings. The van der Waals surface area contributed by atoms with Gasteiger partial charge in [0.15, 0.2) is 0 Å². The lowest BCUT2D eigenvalue weighted by Gasteiger charge is -2.12. The zero-order valence-electron chi connectivity index (χ0n) is 8.83. The van der Waals surface area contributed by atoms with E-state index in [-0.39, 0.29) is 12.7 Å². The second kappa shape index (κ2) is 4.95. The number of benzene rings is 1. The molecule has 0 aromatic heterocycles. The molecule has 4 nitrogen and oxygen atoms in total. The Labute approximate surface area is 95.5 Å². The molecule has 1 aromatic rings. The van der Waals surface area contributed by atoms with Crippen LogP contribution in [0.1, 0.15) is 18.4 Å². The van der Waals surface area contributed by atoms with E-state index in [1.54, 1.807) is 0 Å². The maximum atomic E-state index is 11.2. The molecule has 0 radical (unpaired) electrons. The Balaban J connectivity index is 2.04. The second-order valence-corrected chi connectivity index (χ2v) is 5.03. The van der Waals surface area contributed by atoms with Crippen molar-refractivity contribution in [1.82, 2.24) is 0 Å². The summed E-state index contributed by atoms with van der Waals surface area (Å²) in [4.78, 5) is 0. The van der Waals surface area contributed by atoms with Crippen molar-refractivity contribution in [3.8, 4) is 0 Å². The van der Waals surface area contributed by atoms with Crippen molar-refractivity contribution in [1.29, 1.82) is 0 Å². The molecule has 2 rings (SSSR count). The van der Waals surface area contributed by atoms with Crippen molar-refractivity contribution in [2.75, 3.05) is 6.61 Å². The SMILES string of the molecule is O=S1(=O)OCCCC(Cc2ccccc2)O1. The third-order valence-corrected chi connectivity index (χ3v) is 3.42. The van der Waals surface area contributed by atoms with Crippen LogP contribution in [-0.2, 0) is 25.2 Å². The minimum atomic E-state index is -3.79. The normalized spacial score (nSPS) is 24.9. The second-order valence-electron chi connectivity index (χ2n) is 3.78. The van der Waals surface area contributed by atoms with Crippen LogP contribution in [0.15, 0.2) is 30.3 Å². The third kappa shape index (κ3) is 3.30. The van der Waals surface area contributed by atoms with Gasteiger partial charge in [0.1, 0.15) is 0 Å². The maximum absolute atomic E-state index is 11.2. The van der Waals surface area contributed by atoms with Crippen molar-refractivity contribution in [3.05, 3.63) is 35.9 Å². The lowest BCUT2D eigenvalue weighted by Crippen LogP contribution is -2.19. The summed E-state index contributed by atoms with van der Waals surface area (Å²) < 4.78 is 32.0. The van der Waals surface area contributed by atoms with Gasteiger partial charge in [0, 0.05) is 6.42 Å². The average Bonchev–Trinajstić information content (AvgIpc) is 2.40. The van der Waals surface area contributed by atoms with Gasteiger partial charge in [-0.2, -0.15) is 8.42 Å². The van der Waals surface area contributed by atoms with Crippen molar-refractivity contribution in [3.63, 3.8) is 0 Å². The average molecular weight is 242 g/mol. The van der Waals surface area contributed by atoms with Gasteiger partial charge in [0.05, 0.1) is 12.7 Å². The summed E-state index contributed by atoms with van der Waals surface area (Å²) >= 11 is 0. The van der Waals surface area contributed by atoms with E-state index in [4.69, 9.17) is 4.18 Å². The monoisotopic (exact) mass is 242 g/mol. The highest BCUT2D eigenvalue weighted by atomic mass is 32.3. The van der Waals surface area contributed by atoms with Crippen LogP contribution in [0, 0.1) is 0 Å². The van der Waals surface area contributed by atoms with Gasteiger partial charge in [0.25, 0.3) is 0 Å². The molecular formula is C11H14O4S. The molecule has 1 heterocycles. The third-order valence-electron chi connectivity index (χ3n) is 2.46. The summed E-state index contributed by atoms with van der Waals surface area (Å²) in [5, 5.41) is 0. The first kappa shape index (κ1) is 11.6. The highest BCUT2D eigenvalue weighted by Crippen LogP contribution is 2.18. The standard InChI is InChI=1S/C11H14O4S/c12-16(13)14-8-4-7-11(15-16)9-10-5-2-1-3-6-10/h1-3,5-6,11H,4,7-9H2. The predicted molar refractivity (Wildman–Crippen MR) is 59.1 cm³/mol. The number of rotatable bonds is 2. The molecule has 1 aliphatic rings. The molecule has 0 saturated carbocycles. The topological polar surface area (TPSA) is 52.6 Å².